The second kappa shape index (κ2) is 6.45. The molecule has 3 atom stereocenters. The Balaban J connectivity index is 1.93. The van der Waals surface area contributed by atoms with Gasteiger partial charge in [0.15, 0.2) is 0 Å². The van der Waals surface area contributed by atoms with Crippen LogP contribution in [0.3, 0.4) is 0 Å². The Morgan fingerprint density at radius 1 is 1.35 bits per heavy atom. The van der Waals surface area contributed by atoms with E-state index in [1.807, 2.05) is 6.07 Å². The van der Waals surface area contributed by atoms with Crippen LogP contribution in [0.15, 0.2) is 12.1 Å². The van der Waals surface area contributed by atoms with E-state index in [2.05, 4.69) is 13.0 Å². The Morgan fingerprint density at radius 3 is 2.82 bits per heavy atom. The Hall–Kier alpha value is 0.280. The van der Waals surface area contributed by atoms with Crippen LogP contribution >= 0.6 is 34.5 Å². The summed E-state index contributed by atoms with van der Waals surface area (Å²) in [6.45, 7) is 2.28. The first-order chi connectivity index (χ1) is 8.19. The molecule has 0 bridgehead atoms. The van der Waals surface area contributed by atoms with Crippen molar-refractivity contribution in [1.82, 2.24) is 0 Å². The Kier molecular flexibility index (Phi) is 5.20. The predicted molar refractivity (Wildman–Crippen MR) is 78.4 cm³/mol. The molecule has 1 heterocycles. The zero-order valence-corrected chi connectivity index (χ0v) is 12.6. The van der Waals surface area contributed by atoms with Gasteiger partial charge in [0.05, 0.1) is 4.34 Å². The molecule has 0 spiro atoms. The lowest BCUT2D eigenvalue weighted by atomic mass is 9.77. The van der Waals surface area contributed by atoms with Gasteiger partial charge in [-0.2, -0.15) is 0 Å². The monoisotopic (exact) mass is 290 g/mol. The summed E-state index contributed by atoms with van der Waals surface area (Å²) in [7, 11) is 0. The van der Waals surface area contributed by atoms with E-state index in [1.165, 1.54) is 37.0 Å². The third-order valence-corrected chi connectivity index (χ3v) is 5.62. The van der Waals surface area contributed by atoms with Gasteiger partial charge in [-0.3, -0.25) is 0 Å². The van der Waals surface area contributed by atoms with E-state index in [1.54, 1.807) is 11.3 Å². The highest BCUT2D eigenvalue weighted by Crippen LogP contribution is 2.38. The first kappa shape index (κ1) is 13.7. The number of thiophene rings is 1. The Morgan fingerprint density at radius 2 is 2.18 bits per heavy atom. The maximum Gasteiger partial charge on any atom is 0.0931 e. The lowest BCUT2D eigenvalue weighted by Crippen LogP contribution is -2.26. The maximum absolute atomic E-state index is 6.48. The summed E-state index contributed by atoms with van der Waals surface area (Å²) >= 11 is 14.2. The second-order valence-corrected chi connectivity index (χ2v) is 7.51. The molecule has 0 radical (unpaired) electrons. The molecule has 0 aliphatic heterocycles. The van der Waals surface area contributed by atoms with Crippen LogP contribution in [-0.4, -0.2) is 5.38 Å². The summed E-state index contributed by atoms with van der Waals surface area (Å²) in [5, 5.41) is 0.365. The summed E-state index contributed by atoms with van der Waals surface area (Å²) in [5.74, 6) is 1.55. The largest absolute Gasteiger partial charge is 0.128 e. The van der Waals surface area contributed by atoms with Crippen LogP contribution in [-0.2, 0) is 6.42 Å². The number of halogens is 2. The van der Waals surface area contributed by atoms with E-state index in [-0.39, 0.29) is 0 Å². The van der Waals surface area contributed by atoms with Gasteiger partial charge in [0.2, 0.25) is 0 Å². The first-order valence-corrected chi connectivity index (χ1v) is 8.20. The number of alkyl halides is 1. The number of hydrogen-bond acceptors (Lipinski definition) is 1. The Labute approximate surface area is 118 Å². The topological polar surface area (TPSA) is 0 Å². The molecular formula is C14H20Cl2S. The summed E-state index contributed by atoms with van der Waals surface area (Å²) < 4.78 is 0.895. The Bertz CT molecular complexity index is 348. The molecule has 3 heteroatoms. The number of rotatable bonds is 4. The summed E-state index contributed by atoms with van der Waals surface area (Å²) in [6.07, 6.45) is 7.60. The zero-order valence-electron chi connectivity index (χ0n) is 10.3. The fourth-order valence-electron chi connectivity index (χ4n) is 2.93. The number of hydrogen-bond donors (Lipinski definition) is 0. The molecule has 1 aromatic rings. The van der Waals surface area contributed by atoms with E-state index >= 15 is 0 Å². The van der Waals surface area contributed by atoms with Crippen LogP contribution in [0.25, 0.3) is 0 Å². The van der Waals surface area contributed by atoms with E-state index in [0.717, 1.165) is 16.7 Å². The minimum atomic E-state index is 0.365. The molecule has 17 heavy (non-hydrogen) atoms. The zero-order chi connectivity index (χ0) is 12.3. The smallest absolute Gasteiger partial charge is 0.0931 e. The van der Waals surface area contributed by atoms with Gasteiger partial charge >= 0.3 is 0 Å². The minimum absolute atomic E-state index is 0.365. The molecule has 0 N–H and O–H groups in total. The predicted octanol–water partition coefficient (Wildman–Crippen LogP) is 5.77. The summed E-state index contributed by atoms with van der Waals surface area (Å²) in [4.78, 5) is 1.39. The van der Waals surface area contributed by atoms with Crippen LogP contribution in [0, 0.1) is 11.8 Å². The quantitative estimate of drug-likeness (QED) is 0.618. The lowest BCUT2D eigenvalue weighted by Gasteiger charge is -2.32. The first-order valence-electron chi connectivity index (χ1n) is 6.57. The molecule has 1 aromatic heterocycles. The normalized spacial score (nSPS) is 29.5. The highest BCUT2D eigenvalue weighted by Gasteiger charge is 2.29. The minimum Gasteiger partial charge on any atom is -0.128 e. The standard InChI is InChI=1S/C14H20Cl2S/c1-2-3-10-4-6-13(15)11(8-10)9-12-5-7-14(16)17-12/h5,7,10-11,13H,2-4,6,8-9H2,1H3. The molecule has 1 aliphatic carbocycles. The van der Waals surface area contributed by atoms with Gasteiger partial charge in [-0.25, -0.2) is 0 Å². The average Bonchev–Trinajstić information content (AvgIpc) is 2.69. The summed E-state index contributed by atoms with van der Waals surface area (Å²) in [5.41, 5.74) is 0. The highest BCUT2D eigenvalue weighted by molar-refractivity contribution is 7.16. The van der Waals surface area contributed by atoms with Gasteiger partial charge in [-0.15, -0.1) is 22.9 Å². The van der Waals surface area contributed by atoms with Crippen LogP contribution in [0.2, 0.25) is 4.34 Å². The van der Waals surface area contributed by atoms with Gasteiger partial charge in [0.25, 0.3) is 0 Å². The van der Waals surface area contributed by atoms with Crippen molar-refractivity contribution in [3.63, 3.8) is 0 Å². The summed E-state index contributed by atoms with van der Waals surface area (Å²) in [6, 6.07) is 4.15. The second-order valence-electron chi connectivity index (χ2n) is 5.15. The molecule has 3 unspecified atom stereocenters. The van der Waals surface area contributed by atoms with Crippen molar-refractivity contribution in [2.45, 2.75) is 50.8 Å². The van der Waals surface area contributed by atoms with Gasteiger partial charge < -0.3 is 0 Å². The van der Waals surface area contributed by atoms with Crippen LogP contribution in [0.1, 0.15) is 43.9 Å². The molecule has 1 saturated carbocycles. The van der Waals surface area contributed by atoms with Crippen molar-refractivity contribution >= 4 is 34.5 Å². The molecule has 1 aliphatic rings. The molecule has 1 fully saturated rings. The van der Waals surface area contributed by atoms with Crippen molar-refractivity contribution < 1.29 is 0 Å². The molecule has 0 aromatic carbocycles. The van der Waals surface area contributed by atoms with Crippen molar-refractivity contribution in [3.8, 4) is 0 Å². The third-order valence-electron chi connectivity index (χ3n) is 3.79. The van der Waals surface area contributed by atoms with Crippen LogP contribution in [0.4, 0.5) is 0 Å². The molecule has 2 rings (SSSR count). The van der Waals surface area contributed by atoms with Crippen LogP contribution in [0.5, 0.6) is 0 Å². The molecular weight excluding hydrogens is 271 g/mol. The van der Waals surface area contributed by atoms with Crippen molar-refractivity contribution in [2.24, 2.45) is 11.8 Å². The van der Waals surface area contributed by atoms with Gasteiger partial charge in [0, 0.05) is 10.3 Å². The van der Waals surface area contributed by atoms with Crippen molar-refractivity contribution in [2.75, 3.05) is 0 Å². The molecule has 0 nitrogen and oxygen atoms in total. The van der Waals surface area contributed by atoms with E-state index in [0.29, 0.717) is 11.3 Å². The van der Waals surface area contributed by atoms with Gasteiger partial charge in [-0.1, -0.05) is 31.4 Å². The van der Waals surface area contributed by atoms with Crippen molar-refractivity contribution in [3.05, 3.63) is 21.3 Å². The SMILES string of the molecule is CCCC1CCC(Cl)C(Cc2ccc(Cl)s2)C1. The highest BCUT2D eigenvalue weighted by atomic mass is 35.5. The van der Waals surface area contributed by atoms with E-state index in [9.17, 15) is 0 Å². The van der Waals surface area contributed by atoms with E-state index in [4.69, 9.17) is 23.2 Å². The lowest BCUT2D eigenvalue weighted by molar-refractivity contribution is 0.258. The van der Waals surface area contributed by atoms with Gasteiger partial charge in [0.1, 0.15) is 0 Å². The van der Waals surface area contributed by atoms with Crippen LogP contribution < -0.4 is 0 Å². The fraction of sp³-hybridized carbons (Fsp3) is 0.714. The maximum atomic E-state index is 6.48. The molecule has 96 valence electrons. The van der Waals surface area contributed by atoms with Gasteiger partial charge in [-0.05, 0) is 49.7 Å². The van der Waals surface area contributed by atoms with Crippen molar-refractivity contribution in [1.29, 1.82) is 0 Å². The molecule has 0 saturated heterocycles. The molecule has 0 amide bonds. The third kappa shape index (κ3) is 3.87. The fourth-order valence-corrected chi connectivity index (χ4v) is 4.42. The van der Waals surface area contributed by atoms with E-state index < -0.39 is 0 Å². The average molecular weight is 291 g/mol.